The molecule has 0 radical (unpaired) electrons. The van der Waals surface area contributed by atoms with Gasteiger partial charge >= 0.3 is 5.97 Å². The monoisotopic (exact) mass is 265 g/mol. The van der Waals surface area contributed by atoms with Crippen molar-refractivity contribution in [3.8, 4) is 0 Å². The van der Waals surface area contributed by atoms with E-state index in [1.54, 1.807) is 17.0 Å². The number of hydrogen-bond acceptors (Lipinski definition) is 4. The molecule has 0 heterocycles. The van der Waals surface area contributed by atoms with Crippen LogP contribution >= 0.6 is 0 Å². The number of nitrogens with zero attached hydrogens (tertiary/aromatic N) is 1. The Bertz CT molecular complexity index is 486. The number of para-hydroxylation sites is 1. The van der Waals surface area contributed by atoms with Gasteiger partial charge in [-0.1, -0.05) is 19.9 Å². The zero-order valence-corrected chi connectivity index (χ0v) is 11.1. The largest absolute Gasteiger partial charge is 0.478 e. The van der Waals surface area contributed by atoms with Gasteiger partial charge in [0.05, 0.1) is 23.5 Å². The zero-order chi connectivity index (χ0) is 14.6. The number of carbonyl (C=O) groups excluding carboxylic acids is 1. The summed E-state index contributed by atoms with van der Waals surface area (Å²) in [5.41, 5.74) is 11.8. The number of carboxylic acids is 1. The molecule has 0 unspecified atom stereocenters. The van der Waals surface area contributed by atoms with Gasteiger partial charge < -0.3 is 21.5 Å². The summed E-state index contributed by atoms with van der Waals surface area (Å²) in [7, 11) is 0. The summed E-state index contributed by atoms with van der Waals surface area (Å²) in [5.74, 6) is -1.30. The number of aromatic carboxylic acids is 1. The van der Waals surface area contributed by atoms with Crippen LogP contribution in [0.5, 0.6) is 0 Å². The molecule has 104 valence electrons. The van der Waals surface area contributed by atoms with Crippen molar-refractivity contribution in [2.45, 2.75) is 13.8 Å². The van der Waals surface area contributed by atoms with Crippen LogP contribution in [0.4, 0.5) is 11.4 Å². The first-order chi connectivity index (χ1) is 8.82. The normalized spacial score (nSPS) is 10.5. The third-order valence-corrected chi connectivity index (χ3v) is 2.59. The van der Waals surface area contributed by atoms with Crippen LogP contribution < -0.4 is 16.4 Å². The maximum atomic E-state index is 11.1. The van der Waals surface area contributed by atoms with E-state index in [0.29, 0.717) is 12.2 Å². The highest BCUT2D eigenvalue weighted by atomic mass is 16.4. The highest BCUT2D eigenvalue weighted by Gasteiger charge is 2.18. The number of primary amides is 1. The predicted octanol–water partition coefficient (Wildman–Crippen LogP) is 0.915. The van der Waals surface area contributed by atoms with E-state index in [2.05, 4.69) is 0 Å². The van der Waals surface area contributed by atoms with E-state index in [1.807, 2.05) is 13.8 Å². The van der Waals surface area contributed by atoms with Crippen LogP contribution in [0.3, 0.4) is 0 Å². The molecule has 5 N–H and O–H groups in total. The fraction of sp³-hybridized carbons (Fsp3) is 0.385. The second-order valence-corrected chi connectivity index (χ2v) is 4.78. The van der Waals surface area contributed by atoms with E-state index >= 15 is 0 Å². The van der Waals surface area contributed by atoms with Crippen LogP contribution in [0.1, 0.15) is 24.2 Å². The number of carbonyl (C=O) groups is 2. The number of nitrogen functional groups attached to an aromatic ring is 1. The molecule has 1 aromatic rings. The maximum Gasteiger partial charge on any atom is 0.337 e. The molecule has 1 rings (SSSR count). The summed E-state index contributed by atoms with van der Waals surface area (Å²) >= 11 is 0. The highest BCUT2D eigenvalue weighted by molar-refractivity contribution is 5.97. The Balaban J connectivity index is 3.18. The van der Waals surface area contributed by atoms with Crippen LogP contribution in [0.15, 0.2) is 18.2 Å². The van der Waals surface area contributed by atoms with Crippen molar-refractivity contribution in [3.05, 3.63) is 23.8 Å². The van der Waals surface area contributed by atoms with Crippen molar-refractivity contribution in [1.29, 1.82) is 0 Å². The summed E-state index contributed by atoms with van der Waals surface area (Å²) in [6.45, 7) is 4.55. The molecular formula is C13H19N3O3. The van der Waals surface area contributed by atoms with E-state index in [1.165, 1.54) is 6.07 Å². The van der Waals surface area contributed by atoms with Crippen LogP contribution in [-0.4, -0.2) is 30.1 Å². The van der Waals surface area contributed by atoms with Gasteiger partial charge in [0.25, 0.3) is 0 Å². The van der Waals surface area contributed by atoms with Crippen molar-refractivity contribution in [1.82, 2.24) is 0 Å². The Morgan fingerprint density at radius 2 is 2.00 bits per heavy atom. The number of hydrogen-bond donors (Lipinski definition) is 3. The first kappa shape index (κ1) is 14.8. The average molecular weight is 265 g/mol. The minimum atomic E-state index is -1.09. The Morgan fingerprint density at radius 1 is 1.37 bits per heavy atom. The van der Waals surface area contributed by atoms with Gasteiger partial charge in [0, 0.05) is 6.54 Å². The molecule has 0 atom stereocenters. The summed E-state index contributed by atoms with van der Waals surface area (Å²) in [6.07, 6.45) is 0. The standard InChI is InChI=1S/C13H19N3O3/c1-8(2)6-16(7-11(14)17)10-5-3-4-9(12(10)15)13(18)19/h3-5,8H,6-7,15H2,1-2H3,(H2,14,17)(H,18,19). The molecule has 0 spiro atoms. The van der Waals surface area contributed by atoms with Gasteiger partial charge in [-0.3, -0.25) is 4.79 Å². The lowest BCUT2D eigenvalue weighted by molar-refractivity contribution is -0.116. The van der Waals surface area contributed by atoms with E-state index in [9.17, 15) is 9.59 Å². The van der Waals surface area contributed by atoms with E-state index in [4.69, 9.17) is 16.6 Å². The molecule has 19 heavy (non-hydrogen) atoms. The second kappa shape index (κ2) is 6.08. The van der Waals surface area contributed by atoms with Crippen molar-refractivity contribution in [2.75, 3.05) is 23.7 Å². The van der Waals surface area contributed by atoms with Crippen molar-refractivity contribution in [3.63, 3.8) is 0 Å². The van der Waals surface area contributed by atoms with E-state index in [0.717, 1.165) is 0 Å². The van der Waals surface area contributed by atoms with Crippen LogP contribution in [0.2, 0.25) is 0 Å². The van der Waals surface area contributed by atoms with Gasteiger partial charge in [-0.2, -0.15) is 0 Å². The number of rotatable bonds is 6. The Morgan fingerprint density at radius 3 is 2.47 bits per heavy atom. The van der Waals surface area contributed by atoms with Crippen LogP contribution in [0.25, 0.3) is 0 Å². The number of benzene rings is 1. The second-order valence-electron chi connectivity index (χ2n) is 4.78. The molecular weight excluding hydrogens is 246 g/mol. The lowest BCUT2D eigenvalue weighted by atomic mass is 10.1. The zero-order valence-electron chi connectivity index (χ0n) is 11.1. The maximum absolute atomic E-state index is 11.1. The van der Waals surface area contributed by atoms with Crippen molar-refractivity contribution >= 4 is 23.3 Å². The third-order valence-electron chi connectivity index (χ3n) is 2.59. The fourth-order valence-corrected chi connectivity index (χ4v) is 1.89. The first-order valence-corrected chi connectivity index (χ1v) is 5.98. The lowest BCUT2D eigenvalue weighted by Crippen LogP contribution is -2.36. The number of carboxylic acid groups (broad SMARTS) is 1. The minimum absolute atomic E-state index is 0.00541. The molecule has 0 saturated carbocycles. The number of nitrogens with two attached hydrogens (primary N) is 2. The van der Waals surface area contributed by atoms with Gasteiger partial charge in [-0.25, -0.2) is 4.79 Å². The first-order valence-electron chi connectivity index (χ1n) is 5.98. The number of amides is 1. The molecule has 1 aromatic carbocycles. The van der Waals surface area contributed by atoms with Crippen LogP contribution in [-0.2, 0) is 4.79 Å². The topological polar surface area (TPSA) is 110 Å². The van der Waals surface area contributed by atoms with Gasteiger partial charge in [0.15, 0.2) is 0 Å². The summed E-state index contributed by atoms with van der Waals surface area (Å²) in [5, 5.41) is 9.05. The molecule has 0 fully saturated rings. The van der Waals surface area contributed by atoms with E-state index < -0.39 is 11.9 Å². The molecule has 0 aromatic heterocycles. The smallest absolute Gasteiger partial charge is 0.337 e. The Labute approximate surface area is 112 Å². The summed E-state index contributed by atoms with van der Waals surface area (Å²) in [6, 6.07) is 4.72. The molecule has 6 heteroatoms. The van der Waals surface area contributed by atoms with Crippen molar-refractivity contribution < 1.29 is 14.7 Å². The lowest BCUT2D eigenvalue weighted by Gasteiger charge is -2.27. The minimum Gasteiger partial charge on any atom is -0.478 e. The van der Waals surface area contributed by atoms with Gasteiger partial charge in [0.1, 0.15) is 0 Å². The average Bonchev–Trinajstić information content (AvgIpc) is 2.26. The van der Waals surface area contributed by atoms with Gasteiger partial charge in [0.2, 0.25) is 5.91 Å². The molecule has 6 nitrogen and oxygen atoms in total. The fourth-order valence-electron chi connectivity index (χ4n) is 1.89. The molecule has 0 bridgehead atoms. The quantitative estimate of drug-likeness (QED) is 0.662. The molecule has 0 aliphatic rings. The number of anilines is 2. The molecule has 0 saturated heterocycles. The Hall–Kier alpha value is -2.24. The van der Waals surface area contributed by atoms with Gasteiger partial charge in [-0.15, -0.1) is 0 Å². The molecule has 0 aliphatic heterocycles. The highest BCUT2D eigenvalue weighted by Crippen LogP contribution is 2.27. The molecule has 1 amide bonds. The predicted molar refractivity (Wildman–Crippen MR) is 74.1 cm³/mol. The third kappa shape index (κ3) is 3.87. The van der Waals surface area contributed by atoms with E-state index in [-0.39, 0.29) is 23.7 Å². The van der Waals surface area contributed by atoms with Crippen molar-refractivity contribution in [2.24, 2.45) is 11.7 Å². The summed E-state index contributed by atoms with van der Waals surface area (Å²) < 4.78 is 0. The van der Waals surface area contributed by atoms with Gasteiger partial charge in [-0.05, 0) is 18.1 Å². The Kier molecular flexibility index (Phi) is 4.74. The SMILES string of the molecule is CC(C)CN(CC(N)=O)c1cccc(C(=O)O)c1N. The van der Waals surface area contributed by atoms with Crippen LogP contribution in [0, 0.1) is 5.92 Å². The summed E-state index contributed by atoms with van der Waals surface area (Å²) in [4.78, 5) is 23.9. The molecule has 0 aliphatic carbocycles.